The SMILES string of the molecule is CCOC(=O)[C@H]1C(=O)N(c2ccc(C)cc2)C(=O)C(C)(C)[C@H]1c1ccc(N(C)C)cc1. The van der Waals surface area contributed by atoms with Crippen molar-refractivity contribution in [3.63, 3.8) is 0 Å². The third-order valence-electron chi connectivity index (χ3n) is 5.95. The van der Waals surface area contributed by atoms with Crippen LogP contribution in [0.2, 0.25) is 0 Å². The number of aryl methyl sites for hydroxylation is 1. The normalized spacial score (nSPS) is 20.5. The van der Waals surface area contributed by atoms with E-state index in [9.17, 15) is 14.4 Å². The second kappa shape index (κ2) is 8.53. The van der Waals surface area contributed by atoms with Crippen LogP contribution in [0.1, 0.15) is 37.8 Å². The van der Waals surface area contributed by atoms with Crippen molar-refractivity contribution >= 4 is 29.2 Å². The largest absolute Gasteiger partial charge is 0.465 e. The maximum atomic E-state index is 13.6. The van der Waals surface area contributed by atoms with Crippen LogP contribution >= 0.6 is 0 Å². The van der Waals surface area contributed by atoms with E-state index in [0.29, 0.717) is 5.69 Å². The molecule has 31 heavy (non-hydrogen) atoms. The molecule has 6 nitrogen and oxygen atoms in total. The number of benzene rings is 2. The first-order valence-electron chi connectivity index (χ1n) is 10.5. The predicted molar refractivity (Wildman–Crippen MR) is 121 cm³/mol. The van der Waals surface area contributed by atoms with Crippen molar-refractivity contribution in [2.75, 3.05) is 30.5 Å². The van der Waals surface area contributed by atoms with Crippen molar-refractivity contribution < 1.29 is 19.1 Å². The quantitative estimate of drug-likeness (QED) is 0.415. The lowest BCUT2D eigenvalue weighted by Crippen LogP contribution is -2.59. The Balaban J connectivity index is 2.13. The zero-order chi connectivity index (χ0) is 22.9. The van der Waals surface area contributed by atoms with Crippen molar-refractivity contribution in [3.8, 4) is 0 Å². The van der Waals surface area contributed by atoms with E-state index in [1.165, 1.54) is 0 Å². The number of esters is 1. The highest BCUT2D eigenvalue weighted by molar-refractivity contribution is 6.24. The van der Waals surface area contributed by atoms with Gasteiger partial charge in [0.05, 0.1) is 17.7 Å². The lowest BCUT2D eigenvalue weighted by Gasteiger charge is -2.45. The maximum absolute atomic E-state index is 13.6. The molecule has 1 fully saturated rings. The van der Waals surface area contributed by atoms with Crippen LogP contribution in [0.25, 0.3) is 0 Å². The van der Waals surface area contributed by atoms with Gasteiger partial charge in [0.1, 0.15) is 5.92 Å². The molecule has 2 atom stereocenters. The van der Waals surface area contributed by atoms with Gasteiger partial charge in [-0.1, -0.05) is 43.7 Å². The third-order valence-corrected chi connectivity index (χ3v) is 5.95. The Hall–Kier alpha value is -3.15. The van der Waals surface area contributed by atoms with Crippen molar-refractivity contribution in [2.24, 2.45) is 11.3 Å². The molecule has 0 saturated carbocycles. The second-order valence-corrected chi connectivity index (χ2v) is 8.73. The summed E-state index contributed by atoms with van der Waals surface area (Å²) in [4.78, 5) is 43.3. The number of carbonyl (C=O) groups is 3. The minimum Gasteiger partial charge on any atom is -0.465 e. The molecule has 164 valence electrons. The number of hydrogen-bond donors (Lipinski definition) is 0. The van der Waals surface area contributed by atoms with E-state index < -0.39 is 29.1 Å². The van der Waals surface area contributed by atoms with Crippen LogP contribution in [0, 0.1) is 18.3 Å². The summed E-state index contributed by atoms with van der Waals surface area (Å²) >= 11 is 0. The van der Waals surface area contributed by atoms with Gasteiger partial charge in [0.2, 0.25) is 11.8 Å². The fourth-order valence-corrected chi connectivity index (χ4v) is 4.22. The van der Waals surface area contributed by atoms with E-state index >= 15 is 0 Å². The van der Waals surface area contributed by atoms with E-state index in [1.54, 1.807) is 32.9 Å². The van der Waals surface area contributed by atoms with E-state index in [0.717, 1.165) is 21.7 Å². The number of ether oxygens (including phenoxy) is 1. The van der Waals surface area contributed by atoms with E-state index in [-0.39, 0.29) is 12.5 Å². The van der Waals surface area contributed by atoms with Crippen molar-refractivity contribution in [2.45, 2.75) is 33.6 Å². The van der Waals surface area contributed by atoms with Gasteiger partial charge in [0.25, 0.3) is 0 Å². The van der Waals surface area contributed by atoms with Gasteiger partial charge >= 0.3 is 5.97 Å². The van der Waals surface area contributed by atoms with Gasteiger partial charge in [-0.2, -0.15) is 0 Å². The summed E-state index contributed by atoms with van der Waals surface area (Å²) in [7, 11) is 3.88. The Bertz CT molecular complexity index is 978. The maximum Gasteiger partial charge on any atom is 0.319 e. The number of hydrogen-bond acceptors (Lipinski definition) is 5. The molecule has 1 aliphatic heterocycles. The van der Waals surface area contributed by atoms with Crippen LogP contribution < -0.4 is 9.80 Å². The monoisotopic (exact) mass is 422 g/mol. The number of amides is 2. The lowest BCUT2D eigenvalue weighted by molar-refractivity contribution is -0.158. The zero-order valence-electron chi connectivity index (χ0n) is 19.0. The molecule has 0 unspecified atom stereocenters. The van der Waals surface area contributed by atoms with Gasteiger partial charge in [0, 0.05) is 25.7 Å². The molecule has 1 saturated heterocycles. The summed E-state index contributed by atoms with van der Waals surface area (Å²) < 4.78 is 5.29. The topological polar surface area (TPSA) is 66.9 Å². The summed E-state index contributed by atoms with van der Waals surface area (Å²) in [6.07, 6.45) is 0. The molecule has 0 N–H and O–H groups in total. The molecule has 3 rings (SSSR count). The number of anilines is 2. The van der Waals surface area contributed by atoms with Gasteiger partial charge in [-0.3, -0.25) is 14.4 Å². The fraction of sp³-hybridized carbons (Fsp3) is 0.400. The number of imide groups is 1. The first kappa shape index (κ1) is 22.5. The predicted octanol–water partition coefficient (Wildman–Crippen LogP) is 3.92. The standard InChI is InChI=1S/C25H30N2O4/c1-7-31-23(29)20-21(17-10-14-18(15-11-17)26(5)6)25(3,4)24(30)27(22(20)28)19-12-8-16(2)9-13-19/h8-15,20-21H,7H2,1-6H3/t20-,21+/m1/s1. The van der Waals surface area contributed by atoms with E-state index in [1.807, 2.05) is 62.3 Å². The van der Waals surface area contributed by atoms with Crippen molar-refractivity contribution in [1.29, 1.82) is 0 Å². The summed E-state index contributed by atoms with van der Waals surface area (Å²) in [6, 6.07) is 14.8. The van der Waals surface area contributed by atoms with E-state index in [2.05, 4.69) is 0 Å². The number of rotatable bonds is 5. The van der Waals surface area contributed by atoms with Crippen molar-refractivity contribution in [1.82, 2.24) is 0 Å². The minimum atomic E-state index is -1.11. The van der Waals surface area contributed by atoms with Crippen LogP contribution in [0.4, 0.5) is 11.4 Å². The Labute approximate surface area is 183 Å². The zero-order valence-corrected chi connectivity index (χ0v) is 19.0. The molecule has 0 spiro atoms. The summed E-state index contributed by atoms with van der Waals surface area (Å²) in [5, 5.41) is 0. The molecule has 1 aliphatic rings. The third kappa shape index (κ3) is 4.07. The van der Waals surface area contributed by atoms with Crippen LogP contribution in [0.15, 0.2) is 48.5 Å². The molecule has 2 aromatic rings. The Morgan fingerprint density at radius 2 is 1.61 bits per heavy atom. The molecule has 0 aliphatic carbocycles. The summed E-state index contributed by atoms with van der Waals surface area (Å²) in [5.41, 5.74) is 2.23. The average molecular weight is 423 g/mol. The molecule has 6 heteroatoms. The van der Waals surface area contributed by atoms with Gasteiger partial charge in [0.15, 0.2) is 0 Å². The molecule has 0 bridgehead atoms. The van der Waals surface area contributed by atoms with Gasteiger partial charge in [-0.05, 0) is 43.7 Å². The first-order chi connectivity index (χ1) is 14.6. The molecule has 1 heterocycles. The Kier molecular flexibility index (Phi) is 6.20. The average Bonchev–Trinajstić information content (AvgIpc) is 2.72. The molecular weight excluding hydrogens is 392 g/mol. The van der Waals surface area contributed by atoms with Crippen LogP contribution in [0.3, 0.4) is 0 Å². The second-order valence-electron chi connectivity index (χ2n) is 8.73. The first-order valence-corrected chi connectivity index (χ1v) is 10.5. The Morgan fingerprint density at radius 3 is 2.13 bits per heavy atom. The van der Waals surface area contributed by atoms with Gasteiger partial charge in [-0.15, -0.1) is 0 Å². The number of carbonyl (C=O) groups excluding carboxylic acids is 3. The van der Waals surface area contributed by atoms with E-state index in [4.69, 9.17) is 4.74 Å². The van der Waals surface area contributed by atoms with Crippen molar-refractivity contribution in [3.05, 3.63) is 59.7 Å². The smallest absolute Gasteiger partial charge is 0.319 e. The summed E-state index contributed by atoms with van der Waals surface area (Å²) in [6.45, 7) is 7.38. The molecular formula is C25H30N2O4. The van der Waals surface area contributed by atoms with Gasteiger partial charge < -0.3 is 9.64 Å². The highest BCUT2D eigenvalue weighted by Crippen LogP contribution is 2.48. The lowest BCUT2D eigenvalue weighted by atomic mass is 9.64. The molecule has 0 aromatic heterocycles. The van der Waals surface area contributed by atoms with Crippen LogP contribution in [-0.2, 0) is 19.1 Å². The number of piperidine rings is 1. The molecule has 2 aromatic carbocycles. The van der Waals surface area contributed by atoms with Gasteiger partial charge in [-0.25, -0.2) is 4.90 Å². The minimum absolute atomic E-state index is 0.161. The highest BCUT2D eigenvalue weighted by Gasteiger charge is 2.57. The summed E-state index contributed by atoms with van der Waals surface area (Å²) in [5.74, 6) is -3.23. The number of nitrogens with zero attached hydrogens (tertiary/aromatic N) is 2. The highest BCUT2D eigenvalue weighted by atomic mass is 16.5. The molecule has 0 radical (unpaired) electrons. The molecule has 2 amide bonds. The Morgan fingerprint density at radius 1 is 1.03 bits per heavy atom. The van der Waals surface area contributed by atoms with Crippen LogP contribution in [0.5, 0.6) is 0 Å². The fourth-order valence-electron chi connectivity index (χ4n) is 4.22. The van der Waals surface area contributed by atoms with Crippen LogP contribution in [-0.4, -0.2) is 38.5 Å².